The third-order valence-electron chi connectivity index (χ3n) is 1.84. The van der Waals surface area contributed by atoms with Gasteiger partial charge in [0.25, 0.3) is 6.01 Å². The Kier molecular flexibility index (Phi) is 1.74. The number of oxazole rings is 1. The van der Waals surface area contributed by atoms with Crippen molar-refractivity contribution in [2.45, 2.75) is 12.8 Å². The number of halogens is 1. The first kappa shape index (κ1) is 6.98. The van der Waals surface area contributed by atoms with Crippen LogP contribution >= 0.6 is 11.6 Å². The maximum atomic E-state index is 5.58. The summed E-state index contributed by atoms with van der Waals surface area (Å²) in [5, 5.41) is 0.368. The Morgan fingerprint density at radius 1 is 1.45 bits per heavy atom. The number of anilines is 1. The molecule has 60 valence electrons. The van der Waals surface area contributed by atoms with Gasteiger partial charge in [-0.05, 0) is 24.4 Å². The van der Waals surface area contributed by atoms with E-state index in [2.05, 4.69) is 9.88 Å². The Bertz CT molecular complexity index is 242. The smallest absolute Gasteiger partial charge is 0.298 e. The topological polar surface area (TPSA) is 29.3 Å². The summed E-state index contributed by atoms with van der Waals surface area (Å²) in [6.45, 7) is 2.08. The first-order valence-electron chi connectivity index (χ1n) is 3.72. The molecule has 1 aromatic heterocycles. The molecule has 1 fully saturated rings. The van der Waals surface area contributed by atoms with Crippen LogP contribution in [-0.4, -0.2) is 18.1 Å². The summed E-state index contributed by atoms with van der Waals surface area (Å²) < 4.78 is 5.15. The number of hydrogen-bond donors (Lipinski definition) is 0. The van der Waals surface area contributed by atoms with Gasteiger partial charge in [0.15, 0.2) is 0 Å². The molecule has 0 aromatic carbocycles. The van der Waals surface area contributed by atoms with E-state index in [-0.39, 0.29) is 0 Å². The molecule has 0 unspecified atom stereocenters. The summed E-state index contributed by atoms with van der Waals surface area (Å²) >= 11 is 5.58. The summed E-state index contributed by atoms with van der Waals surface area (Å²) in [6.07, 6.45) is 3.98. The highest BCUT2D eigenvalue weighted by molar-refractivity contribution is 6.28. The summed E-state index contributed by atoms with van der Waals surface area (Å²) in [7, 11) is 0. The molecule has 0 amide bonds. The number of aromatic nitrogens is 1. The first-order chi connectivity index (χ1) is 5.36. The molecular weight excluding hydrogens is 164 g/mol. The van der Waals surface area contributed by atoms with E-state index in [0.717, 1.165) is 13.1 Å². The molecule has 0 radical (unpaired) electrons. The zero-order valence-corrected chi connectivity index (χ0v) is 6.84. The van der Waals surface area contributed by atoms with Gasteiger partial charge in [-0.1, -0.05) is 0 Å². The lowest BCUT2D eigenvalue weighted by Gasteiger charge is -2.10. The van der Waals surface area contributed by atoms with E-state index in [4.69, 9.17) is 16.0 Å². The van der Waals surface area contributed by atoms with Gasteiger partial charge >= 0.3 is 0 Å². The van der Waals surface area contributed by atoms with Crippen LogP contribution in [0, 0.1) is 0 Å². The minimum absolute atomic E-state index is 0.368. The van der Waals surface area contributed by atoms with Crippen LogP contribution in [0.3, 0.4) is 0 Å². The van der Waals surface area contributed by atoms with Crippen LogP contribution in [0.1, 0.15) is 12.8 Å². The Morgan fingerprint density at radius 2 is 2.18 bits per heavy atom. The molecule has 1 aliphatic rings. The molecule has 0 atom stereocenters. The number of hydrogen-bond acceptors (Lipinski definition) is 3. The molecule has 0 spiro atoms. The van der Waals surface area contributed by atoms with Gasteiger partial charge in [0.2, 0.25) is 5.22 Å². The lowest BCUT2D eigenvalue weighted by Crippen LogP contribution is -2.17. The fourth-order valence-electron chi connectivity index (χ4n) is 1.30. The highest BCUT2D eigenvalue weighted by atomic mass is 35.5. The van der Waals surface area contributed by atoms with Crippen LogP contribution in [0.4, 0.5) is 6.01 Å². The number of nitrogens with zero attached hydrogens (tertiary/aromatic N) is 2. The van der Waals surface area contributed by atoms with Crippen molar-refractivity contribution in [3.63, 3.8) is 0 Å². The average Bonchev–Trinajstić information content (AvgIpc) is 2.55. The van der Waals surface area contributed by atoms with Crippen molar-refractivity contribution in [2.75, 3.05) is 18.0 Å². The maximum absolute atomic E-state index is 5.58. The minimum atomic E-state index is 0.368. The molecule has 4 heteroatoms. The summed E-state index contributed by atoms with van der Waals surface area (Å²) in [4.78, 5) is 6.13. The fourth-order valence-corrected chi connectivity index (χ4v) is 1.42. The third-order valence-corrected chi connectivity index (χ3v) is 2.02. The van der Waals surface area contributed by atoms with Gasteiger partial charge in [-0.25, -0.2) is 4.98 Å². The van der Waals surface area contributed by atoms with Crippen LogP contribution in [0.15, 0.2) is 10.6 Å². The van der Waals surface area contributed by atoms with Gasteiger partial charge in [-0.3, -0.25) is 0 Å². The Balaban J connectivity index is 2.15. The molecule has 11 heavy (non-hydrogen) atoms. The molecule has 0 N–H and O–H groups in total. The van der Waals surface area contributed by atoms with Crippen LogP contribution in [0.5, 0.6) is 0 Å². The predicted molar refractivity (Wildman–Crippen MR) is 43.0 cm³/mol. The van der Waals surface area contributed by atoms with E-state index < -0.39 is 0 Å². The molecular formula is C7H9ClN2O. The maximum Gasteiger partial charge on any atom is 0.298 e. The zero-order valence-electron chi connectivity index (χ0n) is 6.09. The quantitative estimate of drug-likeness (QED) is 0.648. The Hall–Kier alpha value is -0.700. The molecule has 1 saturated heterocycles. The fraction of sp³-hybridized carbons (Fsp3) is 0.571. The summed E-state index contributed by atoms with van der Waals surface area (Å²) in [5.41, 5.74) is 0. The Morgan fingerprint density at radius 3 is 2.73 bits per heavy atom. The monoisotopic (exact) mass is 172 g/mol. The molecule has 0 bridgehead atoms. The van der Waals surface area contributed by atoms with E-state index in [1.165, 1.54) is 19.0 Å². The molecule has 1 aliphatic heterocycles. The highest BCUT2D eigenvalue weighted by Gasteiger charge is 2.16. The second kappa shape index (κ2) is 2.74. The lowest BCUT2D eigenvalue weighted by atomic mass is 10.4. The molecule has 2 heterocycles. The van der Waals surface area contributed by atoms with Gasteiger partial charge in [0.05, 0.1) is 6.20 Å². The predicted octanol–water partition coefficient (Wildman–Crippen LogP) is 1.93. The van der Waals surface area contributed by atoms with Crippen molar-refractivity contribution in [1.29, 1.82) is 0 Å². The van der Waals surface area contributed by atoms with Crippen molar-refractivity contribution in [3.05, 3.63) is 11.4 Å². The molecule has 3 nitrogen and oxygen atoms in total. The lowest BCUT2D eigenvalue weighted by molar-refractivity contribution is 0.549. The van der Waals surface area contributed by atoms with E-state index in [1.807, 2.05) is 0 Å². The van der Waals surface area contributed by atoms with Gasteiger partial charge in [-0.15, -0.1) is 0 Å². The van der Waals surface area contributed by atoms with E-state index in [1.54, 1.807) is 0 Å². The summed E-state index contributed by atoms with van der Waals surface area (Å²) in [6, 6.07) is 0.660. The zero-order chi connectivity index (χ0) is 7.68. The van der Waals surface area contributed by atoms with Crippen molar-refractivity contribution in [1.82, 2.24) is 4.98 Å². The second-order valence-electron chi connectivity index (χ2n) is 2.64. The SMILES string of the molecule is Clc1cnc(N2CCCC2)o1. The van der Waals surface area contributed by atoms with Gasteiger partial charge < -0.3 is 9.32 Å². The van der Waals surface area contributed by atoms with Crippen molar-refractivity contribution < 1.29 is 4.42 Å². The number of rotatable bonds is 1. The molecule has 2 rings (SSSR count). The van der Waals surface area contributed by atoms with Crippen molar-refractivity contribution in [2.24, 2.45) is 0 Å². The van der Waals surface area contributed by atoms with E-state index >= 15 is 0 Å². The highest BCUT2D eigenvalue weighted by Crippen LogP contribution is 2.21. The van der Waals surface area contributed by atoms with Crippen molar-refractivity contribution in [3.8, 4) is 0 Å². The molecule has 1 aromatic rings. The van der Waals surface area contributed by atoms with Crippen LogP contribution in [0.2, 0.25) is 5.22 Å². The normalized spacial score (nSPS) is 17.7. The minimum Gasteiger partial charge on any atom is -0.412 e. The van der Waals surface area contributed by atoms with Crippen LogP contribution in [0.25, 0.3) is 0 Å². The average molecular weight is 173 g/mol. The van der Waals surface area contributed by atoms with Crippen molar-refractivity contribution >= 4 is 17.6 Å². The van der Waals surface area contributed by atoms with Crippen LogP contribution < -0.4 is 4.90 Å². The van der Waals surface area contributed by atoms with E-state index in [0.29, 0.717) is 11.2 Å². The van der Waals surface area contributed by atoms with Gasteiger partial charge in [-0.2, -0.15) is 0 Å². The van der Waals surface area contributed by atoms with Gasteiger partial charge in [0.1, 0.15) is 0 Å². The third kappa shape index (κ3) is 1.33. The first-order valence-corrected chi connectivity index (χ1v) is 4.10. The molecule has 0 saturated carbocycles. The van der Waals surface area contributed by atoms with Crippen LogP contribution in [-0.2, 0) is 0 Å². The second-order valence-corrected chi connectivity index (χ2v) is 3.01. The Labute approximate surface area is 70.0 Å². The van der Waals surface area contributed by atoms with Gasteiger partial charge in [0, 0.05) is 13.1 Å². The molecule has 0 aliphatic carbocycles. The van der Waals surface area contributed by atoms with E-state index in [9.17, 15) is 0 Å². The summed E-state index contributed by atoms with van der Waals surface area (Å²) in [5.74, 6) is 0. The standard InChI is InChI=1S/C7H9ClN2O/c8-6-5-9-7(11-6)10-3-1-2-4-10/h5H,1-4H2. The largest absolute Gasteiger partial charge is 0.412 e.